The number of benzene rings is 3. The Balaban J connectivity index is 1.55. The van der Waals surface area contributed by atoms with E-state index in [1.165, 1.54) is 24.0 Å². The monoisotopic (exact) mass is 385 g/mol. The second-order valence-electron chi connectivity index (χ2n) is 8.20. The van der Waals surface area contributed by atoms with Crippen LogP contribution < -0.4 is 0 Å². The molecular formula is C26H27NO2. The molecule has 1 saturated carbocycles. The summed E-state index contributed by atoms with van der Waals surface area (Å²) >= 11 is 0. The normalized spacial score (nSPS) is 24.0. The lowest BCUT2D eigenvalue weighted by atomic mass is 9.76. The third-order valence-corrected chi connectivity index (χ3v) is 6.45. The molecule has 0 N–H and O–H groups in total. The van der Waals surface area contributed by atoms with Crippen molar-refractivity contribution in [2.24, 2.45) is 0 Å². The van der Waals surface area contributed by atoms with Crippen molar-refractivity contribution >= 4 is 0 Å². The van der Waals surface area contributed by atoms with Gasteiger partial charge in [-0.2, -0.15) is 0 Å². The Labute approximate surface area is 172 Å². The fourth-order valence-corrected chi connectivity index (χ4v) is 5.03. The van der Waals surface area contributed by atoms with Crippen LogP contribution in [0.15, 0.2) is 91.0 Å². The maximum absolute atomic E-state index is 6.17. The summed E-state index contributed by atoms with van der Waals surface area (Å²) in [7, 11) is 0. The first kappa shape index (κ1) is 18.6. The van der Waals surface area contributed by atoms with E-state index in [0.29, 0.717) is 0 Å². The Bertz CT molecular complexity index is 907. The van der Waals surface area contributed by atoms with Crippen LogP contribution in [-0.4, -0.2) is 11.1 Å². The minimum Gasteiger partial charge on any atom is -0.238 e. The Morgan fingerprint density at radius 2 is 1.31 bits per heavy atom. The molecule has 0 spiro atoms. The van der Waals surface area contributed by atoms with Crippen molar-refractivity contribution in [1.82, 2.24) is 4.90 Å². The first-order valence-corrected chi connectivity index (χ1v) is 10.6. The summed E-state index contributed by atoms with van der Waals surface area (Å²) in [6, 6.07) is 31.9. The summed E-state index contributed by atoms with van der Waals surface area (Å²) in [5, 5.41) is 0. The smallest absolute Gasteiger partial charge is 0.174 e. The largest absolute Gasteiger partial charge is 0.238 e. The van der Waals surface area contributed by atoms with E-state index in [-0.39, 0.29) is 17.9 Å². The van der Waals surface area contributed by atoms with Crippen molar-refractivity contribution in [1.29, 1.82) is 0 Å². The third-order valence-electron chi connectivity index (χ3n) is 6.45. The van der Waals surface area contributed by atoms with E-state index in [0.717, 1.165) is 24.9 Å². The van der Waals surface area contributed by atoms with Crippen molar-refractivity contribution in [3.8, 4) is 0 Å². The summed E-state index contributed by atoms with van der Waals surface area (Å²) in [5.41, 5.74) is 3.72. The first-order chi connectivity index (χ1) is 14.4. The Morgan fingerprint density at radius 3 is 1.97 bits per heavy atom. The molecule has 3 aromatic rings. The number of hydrogen-bond acceptors (Lipinski definition) is 3. The van der Waals surface area contributed by atoms with Crippen LogP contribution in [0.25, 0.3) is 0 Å². The molecule has 1 aliphatic carbocycles. The summed E-state index contributed by atoms with van der Waals surface area (Å²) in [4.78, 5) is 14.6. The molecule has 2 atom stereocenters. The second kappa shape index (κ2) is 8.11. The number of nitrogens with zero attached hydrogens (tertiary/aromatic N) is 1. The van der Waals surface area contributed by atoms with Crippen molar-refractivity contribution in [3.05, 3.63) is 108 Å². The van der Waals surface area contributed by atoms with Gasteiger partial charge in [0.2, 0.25) is 0 Å². The highest BCUT2D eigenvalue weighted by atomic mass is 17.2. The Hall–Kier alpha value is -2.46. The molecule has 0 aromatic heterocycles. The molecule has 2 fully saturated rings. The van der Waals surface area contributed by atoms with E-state index >= 15 is 0 Å². The summed E-state index contributed by atoms with van der Waals surface area (Å²) < 4.78 is 0. The minimum absolute atomic E-state index is 0.0421. The van der Waals surface area contributed by atoms with E-state index in [9.17, 15) is 0 Å². The van der Waals surface area contributed by atoms with Crippen LogP contribution in [0, 0.1) is 0 Å². The maximum atomic E-state index is 6.17. The van der Waals surface area contributed by atoms with Gasteiger partial charge in [-0.15, -0.1) is 0 Å². The first-order valence-electron chi connectivity index (χ1n) is 10.6. The van der Waals surface area contributed by atoms with Crippen LogP contribution in [0.5, 0.6) is 0 Å². The molecule has 1 heterocycles. The van der Waals surface area contributed by atoms with Gasteiger partial charge in [-0.05, 0) is 29.5 Å². The zero-order valence-electron chi connectivity index (χ0n) is 16.6. The highest BCUT2D eigenvalue weighted by Gasteiger charge is 2.52. The summed E-state index contributed by atoms with van der Waals surface area (Å²) in [5.74, 6) is 0. The molecule has 0 radical (unpaired) electrons. The van der Waals surface area contributed by atoms with E-state index in [1.807, 2.05) is 6.07 Å². The van der Waals surface area contributed by atoms with Crippen molar-refractivity contribution in [3.63, 3.8) is 0 Å². The molecule has 3 nitrogen and oxygen atoms in total. The lowest BCUT2D eigenvalue weighted by Crippen LogP contribution is -2.47. The molecule has 5 rings (SSSR count). The zero-order chi connectivity index (χ0) is 19.5. The highest BCUT2D eigenvalue weighted by molar-refractivity contribution is 5.30. The van der Waals surface area contributed by atoms with Gasteiger partial charge in [-0.1, -0.05) is 104 Å². The SMILES string of the molecule is c1ccc(CN2C(c3ccccc3)OOC2C2(c3ccccc3)CCCC2)cc1. The molecule has 2 unspecified atom stereocenters. The minimum atomic E-state index is -0.206. The van der Waals surface area contributed by atoms with Crippen LogP contribution in [0.1, 0.15) is 48.6 Å². The molecule has 0 bridgehead atoms. The fourth-order valence-electron chi connectivity index (χ4n) is 5.03. The van der Waals surface area contributed by atoms with Crippen LogP contribution >= 0.6 is 0 Å². The highest BCUT2D eigenvalue weighted by Crippen LogP contribution is 2.50. The summed E-state index contributed by atoms with van der Waals surface area (Å²) in [6.07, 6.45) is 4.38. The van der Waals surface area contributed by atoms with Gasteiger partial charge in [0.05, 0.1) is 0 Å². The van der Waals surface area contributed by atoms with Crippen LogP contribution in [0.2, 0.25) is 0 Å². The molecule has 3 aromatic carbocycles. The van der Waals surface area contributed by atoms with Crippen LogP contribution in [-0.2, 0) is 21.7 Å². The maximum Gasteiger partial charge on any atom is 0.174 e. The average Bonchev–Trinajstić information content (AvgIpc) is 3.44. The zero-order valence-corrected chi connectivity index (χ0v) is 16.6. The van der Waals surface area contributed by atoms with Crippen molar-refractivity contribution in [2.45, 2.75) is 50.1 Å². The average molecular weight is 386 g/mol. The van der Waals surface area contributed by atoms with E-state index in [4.69, 9.17) is 9.78 Å². The van der Waals surface area contributed by atoms with Crippen molar-refractivity contribution < 1.29 is 9.78 Å². The number of hydrogen-bond donors (Lipinski definition) is 0. The molecular weight excluding hydrogens is 358 g/mol. The molecule has 3 heteroatoms. The predicted octanol–water partition coefficient (Wildman–Crippen LogP) is 5.99. The summed E-state index contributed by atoms with van der Waals surface area (Å²) in [6.45, 7) is 0.791. The quantitative estimate of drug-likeness (QED) is 0.504. The van der Waals surface area contributed by atoms with Crippen LogP contribution in [0.3, 0.4) is 0 Å². The molecule has 1 saturated heterocycles. The van der Waals surface area contributed by atoms with Crippen molar-refractivity contribution in [2.75, 3.05) is 0 Å². The van der Waals surface area contributed by atoms with Gasteiger partial charge in [-0.3, -0.25) is 0 Å². The van der Waals surface area contributed by atoms with Gasteiger partial charge in [0.25, 0.3) is 0 Å². The molecule has 1 aliphatic heterocycles. The number of rotatable bonds is 5. The molecule has 148 valence electrons. The molecule has 2 aliphatic rings. The van der Waals surface area contributed by atoms with Crippen LogP contribution in [0.4, 0.5) is 0 Å². The fraction of sp³-hybridized carbons (Fsp3) is 0.308. The van der Waals surface area contributed by atoms with Gasteiger partial charge in [0, 0.05) is 12.0 Å². The topological polar surface area (TPSA) is 21.7 Å². The van der Waals surface area contributed by atoms with Gasteiger partial charge in [-0.25, -0.2) is 14.7 Å². The lowest BCUT2D eigenvalue weighted by molar-refractivity contribution is -0.308. The van der Waals surface area contributed by atoms with E-state index in [1.54, 1.807) is 0 Å². The van der Waals surface area contributed by atoms with E-state index < -0.39 is 0 Å². The standard InChI is InChI=1S/C26H27NO2/c1-4-12-21(13-5-1)20-27-24(22-14-6-2-7-15-22)28-29-25(27)26(18-10-11-19-26)23-16-8-3-9-17-23/h1-9,12-17,24-25H,10-11,18-20H2. The van der Waals surface area contributed by atoms with Gasteiger partial charge >= 0.3 is 0 Å². The van der Waals surface area contributed by atoms with Gasteiger partial charge in [0.15, 0.2) is 12.5 Å². The Kier molecular flexibility index (Phi) is 5.19. The van der Waals surface area contributed by atoms with E-state index in [2.05, 4.69) is 89.8 Å². The predicted molar refractivity (Wildman–Crippen MR) is 114 cm³/mol. The lowest BCUT2D eigenvalue weighted by Gasteiger charge is -2.39. The third kappa shape index (κ3) is 3.51. The van der Waals surface area contributed by atoms with Gasteiger partial charge in [0.1, 0.15) is 0 Å². The van der Waals surface area contributed by atoms with Gasteiger partial charge < -0.3 is 0 Å². The Morgan fingerprint density at radius 1 is 0.724 bits per heavy atom. The molecule has 0 amide bonds. The second-order valence-corrected chi connectivity index (χ2v) is 8.20. The molecule has 29 heavy (non-hydrogen) atoms.